The zero-order valence-corrected chi connectivity index (χ0v) is 13.8. The van der Waals surface area contributed by atoms with E-state index in [0.717, 1.165) is 34.6 Å². The second-order valence-electron chi connectivity index (χ2n) is 5.01. The van der Waals surface area contributed by atoms with Gasteiger partial charge in [-0.05, 0) is 23.3 Å². The van der Waals surface area contributed by atoms with Gasteiger partial charge in [-0.3, -0.25) is 0 Å². The van der Waals surface area contributed by atoms with Crippen molar-refractivity contribution >= 4 is 15.9 Å². The van der Waals surface area contributed by atoms with Gasteiger partial charge in [0.25, 0.3) is 0 Å². The largest absolute Gasteiger partial charge is 0.454 e. The van der Waals surface area contributed by atoms with Crippen molar-refractivity contribution in [2.45, 2.75) is 13.2 Å². The molecule has 0 saturated heterocycles. The third-order valence-corrected chi connectivity index (χ3v) is 4.13. The smallest absolute Gasteiger partial charge is 0.231 e. The van der Waals surface area contributed by atoms with E-state index in [4.69, 9.17) is 14.2 Å². The van der Waals surface area contributed by atoms with Crippen LogP contribution in [0.1, 0.15) is 11.1 Å². The molecule has 0 aromatic heterocycles. The molecule has 2 aromatic carbocycles. The summed E-state index contributed by atoms with van der Waals surface area (Å²) in [6.07, 6.45) is 0. The Morgan fingerprint density at radius 1 is 1.09 bits per heavy atom. The number of benzene rings is 2. The highest BCUT2D eigenvalue weighted by Crippen LogP contribution is 2.36. The Morgan fingerprint density at radius 2 is 1.86 bits per heavy atom. The number of rotatable bonds is 7. The first-order valence-corrected chi connectivity index (χ1v) is 8.02. The van der Waals surface area contributed by atoms with Crippen molar-refractivity contribution in [2.24, 2.45) is 0 Å². The molecule has 0 amide bonds. The molecule has 4 nitrogen and oxygen atoms in total. The number of hydrogen-bond donors (Lipinski definition) is 1. The van der Waals surface area contributed by atoms with Gasteiger partial charge in [0.2, 0.25) is 6.79 Å². The lowest BCUT2D eigenvalue weighted by Crippen LogP contribution is -2.19. The fraction of sp³-hybridized carbons (Fsp3) is 0.294. The Kier molecular flexibility index (Phi) is 5.32. The maximum Gasteiger partial charge on any atom is 0.231 e. The van der Waals surface area contributed by atoms with Crippen molar-refractivity contribution < 1.29 is 14.2 Å². The van der Waals surface area contributed by atoms with E-state index in [1.54, 1.807) is 0 Å². The Bertz CT molecular complexity index is 619. The van der Waals surface area contributed by atoms with E-state index in [9.17, 15) is 0 Å². The van der Waals surface area contributed by atoms with Gasteiger partial charge < -0.3 is 19.5 Å². The molecule has 0 saturated carbocycles. The van der Waals surface area contributed by atoms with E-state index in [1.165, 1.54) is 5.56 Å². The lowest BCUT2D eigenvalue weighted by atomic mass is 10.2. The van der Waals surface area contributed by atoms with Crippen molar-refractivity contribution in [3.05, 3.63) is 58.1 Å². The van der Waals surface area contributed by atoms with Crippen LogP contribution in [0.3, 0.4) is 0 Å². The maximum atomic E-state index is 5.64. The molecule has 0 spiro atoms. The molecule has 1 N–H and O–H groups in total. The van der Waals surface area contributed by atoms with Crippen molar-refractivity contribution in [3.8, 4) is 11.5 Å². The molecule has 0 atom stereocenters. The second kappa shape index (κ2) is 7.63. The van der Waals surface area contributed by atoms with Gasteiger partial charge in [0, 0.05) is 17.6 Å². The average Bonchev–Trinajstić information content (AvgIpc) is 2.98. The normalized spacial score (nSPS) is 12.6. The first-order valence-electron chi connectivity index (χ1n) is 7.23. The second-order valence-corrected chi connectivity index (χ2v) is 5.87. The Hall–Kier alpha value is -1.56. The van der Waals surface area contributed by atoms with Crippen LogP contribution >= 0.6 is 15.9 Å². The van der Waals surface area contributed by atoms with Gasteiger partial charge in [0.1, 0.15) is 0 Å². The van der Waals surface area contributed by atoms with Gasteiger partial charge in [0.05, 0.1) is 13.2 Å². The molecule has 1 heterocycles. The van der Waals surface area contributed by atoms with Crippen molar-refractivity contribution in [1.29, 1.82) is 0 Å². The van der Waals surface area contributed by atoms with E-state index < -0.39 is 0 Å². The summed E-state index contributed by atoms with van der Waals surface area (Å²) in [6, 6.07) is 14.1. The van der Waals surface area contributed by atoms with Crippen LogP contribution in [0.25, 0.3) is 0 Å². The summed E-state index contributed by atoms with van der Waals surface area (Å²) >= 11 is 3.56. The fourth-order valence-corrected chi connectivity index (χ4v) is 2.69. The average molecular weight is 364 g/mol. The predicted octanol–water partition coefficient (Wildman–Crippen LogP) is 3.48. The highest BCUT2D eigenvalue weighted by molar-refractivity contribution is 9.10. The zero-order chi connectivity index (χ0) is 15.2. The molecule has 22 heavy (non-hydrogen) atoms. The van der Waals surface area contributed by atoms with Gasteiger partial charge in [-0.15, -0.1) is 0 Å². The van der Waals surface area contributed by atoms with Crippen LogP contribution < -0.4 is 14.8 Å². The van der Waals surface area contributed by atoms with Gasteiger partial charge in [-0.1, -0.05) is 46.3 Å². The highest BCUT2D eigenvalue weighted by Gasteiger charge is 2.15. The minimum absolute atomic E-state index is 0.298. The number of halogens is 1. The minimum atomic E-state index is 0.298. The van der Waals surface area contributed by atoms with Crippen molar-refractivity contribution in [3.63, 3.8) is 0 Å². The maximum absolute atomic E-state index is 5.64. The standard InChI is InChI=1S/C17H18BrNO3/c18-15-9-17-16(21-12-22-17)8-14(15)10-19-6-7-20-11-13-4-2-1-3-5-13/h1-5,8-9,19H,6-7,10-12H2. The van der Waals surface area contributed by atoms with Crippen LogP contribution in [0, 0.1) is 0 Å². The van der Waals surface area contributed by atoms with Crippen molar-refractivity contribution in [1.82, 2.24) is 5.32 Å². The molecule has 2 aromatic rings. The molecular formula is C17H18BrNO3. The summed E-state index contributed by atoms with van der Waals surface area (Å²) in [5.41, 5.74) is 2.34. The van der Waals surface area contributed by atoms with Crippen LogP contribution in [0.4, 0.5) is 0 Å². The molecule has 0 fully saturated rings. The summed E-state index contributed by atoms with van der Waals surface area (Å²) < 4.78 is 17.4. The quantitative estimate of drug-likeness (QED) is 0.764. The Morgan fingerprint density at radius 3 is 2.68 bits per heavy atom. The molecular weight excluding hydrogens is 346 g/mol. The molecule has 5 heteroatoms. The lowest BCUT2D eigenvalue weighted by molar-refractivity contribution is 0.122. The summed E-state index contributed by atoms with van der Waals surface area (Å²) in [6.45, 7) is 3.18. The monoisotopic (exact) mass is 363 g/mol. The van der Waals surface area contributed by atoms with E-state index >= 15 is 0 Å². The van der Waals surface area contributed by atoms with E-state index in [1.807, 2.05) is 30.3 Å². The summed E-state index contributed by atoms with van der Waals surface area (Å²) in [4.78, 5) is 0. The van der Waals surface area contributed by atoms with E-state index in [0.29, 0.717) is 20.0 Å². The molecule has 0 aliphatic carbocycles. The van der Waals surface area contributed by atoms with Crippen LogP contribution in [0.5, 0.6) is 11.5 Å². The predicted molar refractivity (Wildman–Crippen MR) is 88.1 cm³/mol. The van der Waals surface area contributed by atoms with E-state index in [2.05, 4.69) is 33.4 Å². The highest BCUT2D eigenvalue weighted by atomic mass is 79.9. The first kappa shape index (κ1) is 15.3. The third-order valence-electron chi connectivity index (χ3n) is 3.39. The SMILES string of the molecule is Brc1cc2c(cc1CNCCOCc1ccccc1)OCO2. The lowest BCUT2D eigenvalue weighted by Gasteiger charge is -2.09. The Balaban J connectivity index is 1.38. The van der Waals surface area contributed by atoms with E-state index in [-0.39, 0.29) is 0 Å². The molecule has 0 bridgehead atoms. The zero-order valence-electron chi connectivity index (χ0n) is 12.2. The van der Waals surface area contributed by atoms with Gasteiger partial charge in [-0.25, -0.2) is 0 Å². The molecule has 0 radical (unpaired) electrons. The number of nitrogens with one attached hydrogen (secondary N) is 1. The van der Waals surface area contributed by atoms with Gasteiger partial charge >= 0.3 is 0 Å². The van der Waals surface area contributed by atoms with Gasteiger partial charge in [0.15, 0.2) is 11.5 Å². The van der Waals surface area contributed by atoms with Crippen LogP contribution in [-0.2, 0) is 17.9 Å². The first-order chi connectivity index (χ1) is 10.8. The van der Waals surface area contributed by atoms with Crippen LogP contribution in [0.15, 0.2) is 46.9 Å². The molecule has 1 aliphatic heterocycles. The number of ether oxygens (including phenoxy) is 3. The number of hydrogen-bond acceptors (Lipinski definition) is 4. The molecule has 116 valence electrons. The molecule has 3 rings (SSSR count). The van der Waals surface area contributed by atoms with Crippen LogP contribution in [-0.4, -0.2) is 19.9 Å². The van der Waals surface area contributed by atoms with Gasteiger partial charge in [-0.2, -0.15) is 0 Å². The topological polar surface area (TPSA) is 39.7 Å². The minimum Gasteiger partial charge on any atom is -0.454 e. The van der Waals surface area contributed by atoms with Crippen LogP contribution in [0.2, 0.25) is 0 Å². The summed E-state index contributed by atoms with van der Waals surface area (Å²) in [5.74, 6) is 1.60. The summed E-state index contributed by atoms with van der Waals surface area (Å²) in [5, 5.41) is 3.37. The van der Waals surface area contributed by atoms with Crippen molar-refractivity contribution in [2.75, 3.05) is 19.9 Å². The number of fused-ring (bicyclic) bond motifs is 1. The molecule has 0 unspecified atom stereocenters. The summed E-state index contributed by atoms with van der Waals surface area (Å²) in [7, 11) is 0. The fourth-order valence-electron chi connectivity index (χ4n) is 2.23. The molecule has 1 aliphatic rings. The third kappa shape index (κ3) is 4.00. The Labute approximate surface area is 138 Å².